The number of piperidine rings is 1. The third kappa shape index (κ3) is 4.18. The first-order chi connectivity index (χ1) is 7.84. The summed E-state index contributed by atoms with van der Waals surface area (Å²) >= 11 is 0. The van der Waals surface area contributed by atoms with Gasteiger partial charge in [0.25, 0.3) is 0 Å². The molecule has 17 heavy (non-hydrogen) atoms. The van der Waals surface area contributed by atoms with Gasteiger partial charge in [-0.15, -0.1) is 0 Å². The lowest BCUT2D eigenvalue weighted by atomic mass is 9.96. The largest absolute Gasteiger partial charge is 0.391 e. The minimum absolute atomic E-state index is 0.0105. The molecule has 6 heteroatoms. The number of carbonyl (C=O) groups is 1. The van der Waals surface area contributed by atoms with Crippen molar-refractivity contribution >= 4 is 5.91 Å². The second-order valence-corrected chi connectivity index (χ2v) is 4.57. The number of alkyl halides is 3. The van der Waals surface area contributed by atoms with Crippen LogP contribution in [-0.2, 0) is 4.79 Å². The highest BCUT2D eigenvalue weighted by atomic mass is 19.4. The van der Waals surface area contributed by atoms with E-state index < -0.39 is 12.1 Å². The van der Waals surface area contributed by atoms with Gasteiger partial charge in [0, 0.05) is 25.6 Å². The number of hydrogen-bond donors (Lipinski definition) is 1. The molecule has 0 radical (unpaired) electrons. The standard InChI is InChI=1S/C11H19F3N2O/c1-2-9(15)7-10(17)16-5-3-8(4-6-16)11(12,13)14/h8-9H,2-7,15H2,1H3. The molecule has 0 aromatic heterocycles. The van der Waals surface area contributed by atoms with Gasteiger partial charge in [-0.2, -0.15) is 13.2 Å². The predicted molar refractivity (Wildman–Crippen MR) is 58.2 cm³/mol. The third-order valence-corrected chi connectivity index (χ3v) is 3.27. The van der Waals surface area contributed by atoms with Gasteiger partial charge in [-0.25, -0.2) is 0 Å². The van der Waals surface area contributed by atoms with Crippen LogP contribution in [-0.4, -0.2) is 36.1 Å². The number of likely N-dealkylation sites (tertiary alicyclic amines) is 1. The maximum absolute atomic E-state index is 12.4. The minimum Gasteiger partial charge on any atom is -0.343 e. The van der Waals surface area contributed by atoms with Crippen LogP contribution in [0, 0.1) is 5.92 Å². The lowest BCUT2D eigenvalue weighted by Gasteiger charge is -2.33. The molecule has 1 amide bonds. The molecule has 1 rings (SSSR count). The monoisotopic (exact) mass is 252 g/mol. The number of carbonyl (C=O) groups excluding carboxylic acids is 1. The highest BCUT2D eigenvalue weighted by Crippen LogP contribution is 2.34. The normalized spacial score (nSPS) is 20.4. The van der Waals surface area contributed by atoms with Gasteiger partial charge < -0.3 is 10.6 Å². The zero-order valence-corrected chi connectivity index (χ0v) is 9.96. The summed E-state index contributed by atoms with van der Waals surface area (Å²) in [5.74, 6) is -1.38. The van der Waals surface area contributed by atoms with Gasteiger partial charge in [0.15, 0.2) is 0 Å². The number of nitrogens with zero attached hydrogens (tertiary/aromatic N) is 1. The van der Waals surface area contributed by atoms with E-state index >= 15 is 0 Å². The maximum Gasteiger partial charge on any atom is 0.391 e. The number of halogens is 3. The molecule has 0 bridgehead atoms. The number of nitrogens with two attached hydrogens (primary N) is 1. The van der Waals surface area contributed by atoms with Crippen molar-refractivity contribution in [2.24, 2.45) is 11.7 Å². The Morgan fingerprint density at radius 2 is 1.94 bits per heavy atom. The fourth-order valence-electron chi connectivity index (χ4n) is 1.95. The average Bonchev–Trinajstić information content (AvgIpc) is 2.27. The molecular formula is C11H19F3N2O. The molecule has 1 saturated heterocycles. The van der Waals surface area contributed by atoms with Crippen molar-refractivity contribution in [2.75, 3.05) is 13.1 Å². The van der Waals surface area contributed by atoms with Crippen LogP contribution in [0.4, 0.5) is 13.2 Å². The zero-order chi connectivity index (χ0) is 13.1. The van der Waals surface area contributed by atoms with Crippen LogP contribution < -0.4 is 5.73 Å². The van der Waals surface area contributed by atoms with Gasteiger partial charge in [-0.05, 0) is 19.3 Å². The van der Waals surface area contributed by atoms with E-state index in [1.165, 1.54) is 4.90 Å². The Balaban J connectivity index is 2.39. The molecule has 3 nitrogen and oxygen atoms in total. The van der Waals surface area contributed by atoms with Crippen LogP contribution in [0.3, 0.4) is 0 Å². The van der Waals surface area contributed by atoms with E-state index in [1.807, 2.05) is 6.92 Å². The Labute approximate surface area is 99.1 Å². The summed E-state index contributed by atoms with van der Waals surface area (Å²) < 4.78 is 37.2. The summed E-state index contributed by atoms with van der Waals surface area (Å²) in [7, 11) is 0. The average molecular weight is 252 g/mol. The molecule has 1 unspecified atom stereocenters. The smallest absolute Gasteiger partial charge is 0.343 e. The fraction of sp³-hybridized carbons (Fsp3) is 0.909. The highest BCUT2D eigenvalue weighted by Gasteiger charge is 2.41. The molecule has 100 valence electrons. The van der Waals surface area contributed by atoms with Gasteiger partial charge >= 0.3 is 6.18 Å². The summed E-state index contributed by atoms with van der Waals surface area (Å²) in [4.78, 5) is 13.2. The second kappa shape index (κ2) is 5.71. The molecule has 1 heterocycles. The van der Waals surface area contributed by atoms with Crippen molar-refractivity contribution in [2.45, 2.75) is 44.8 Å². The third-order valence-electron chi connectivity index (χ3n) is 3.27. The first-order valence-corrected chi connectivity index (χ1v) is 5.94. The predicted octanol–water partition coefficient (Wildman–Crippen LogP) is 1.91. The van der Waals surface area contributed by atoms with Crippen LogP contribution in [0.2, 0.25) is 0 Å². The Morgan fingerprint density at radius 1 is 1.41 bits per heavy atom. The molecule has 1 aliphatic heterocycles. The number of amides is 1. The Hall–Kier alpha value is -0.780. The second-order valence-electron chi connectivity index (χ2n) is 4.57. The van der Waals surface area contributed by atoms with Crippen molar-refractivity contribution < 1.29 is 18.0 Å². The van der Waals surface area contributed by atoms with Crippen LogP contribution in [0.25, 0.3) is 0 Å². The summed E-state index contributed by atoms with van der Waals surface area (Å²) in [6, 6.07) is -0.192. The van der Waals surface area contributed by atoms with Crippen molar-refractivity contribution in [3.8, 4) is 0 Å². The summed E-state index contributed by atoms with van der Waals surface area (Å²) in [5.41, 5.74) is 5.65. The molecule has 0 aromatic carbocycles. The quantitative estimate of drug-likeness (QED) is 0.834. The topological polar surface area (TPSA) is 46.3 Å². The molecule has 1 aliphatic rings. The van der Waals surface area contributed by atoms with E-state index in [4.69, 9.17) is 5.73 Å². The van der Waals surface area contributed by atoms with Crippen LogP contribution in [0.5, 0.6) is 0 Å². The highest BCUT2D eigenvalue weighted by molar-refractivity contribution is 5.76. The van der Waals surface area contributed by atoms with Crippen LogP contribution >= 0.6 is 0 Å². The van der Waals surface area contributed by atoms with E-state index in [0.29, 0.717) is 6.42 Å². The lowest BCUT2D eigenvalue weighted by molar-refractivity contribution is -0.186. The van der Waals surface area contributed by atoms with Gasteiger partial charge in [0.05, 0.1) is 5.92 Å². The molecule has 0 aliphatic carbocycles. The molecule has 0 spiro atoms. The minimum atomic E-state index is -4.13. The van der Waals surface area contributed by atoms with E-state index in [0.717, 1.165) is 0 Å². The van der Waals surface area contributed by atoms with Gasteiger partial charge in [0.1, 0.15) is 0 Å². The van der Waals surface area contributed by atoms with Crippen LogP contribution in [0.1, 0.15) is 32.6 Å². The Kier molecular flexibility index (Phi) is 4.80. The summed E-state index contributed by atoms with van der Waals surface area (Å²) in [6.45, 7) is 2.27. The fourth-order valence-corrected chi connectivity index (χ4v) is 1.95. The van der Waals surface area contributed by atoms with Crippen LogP contribution in [0.15, 0.2) is 0 Å². The first kappa shape index (κ1) is 14.3. The summed E-state index contributed by atoms with van der Waals surface area (Å²) in [5, 5.41) is 0. The van der Waals surface area contributed by atoms with Gasteiger partial charge in [-0.3, -0.25) is 4.79 Å². The van der Waals surface area contributed by atoms with E-state index in [-0.39, 0.29) is 44.3 Å². The molecule has 0 saturated carbocycles. The number of rotatable bonds is 3. The summed E-state index contributed by atoms with van der Waals surface area (Å²) in [6.07, 6.45) is -3.18. The molecule has 0 aromatic rings. The number of hydrogen-bond acceptors (Lipinski definition) is 2. The van der Waals surface area contributed by atoms with Crippen molar-refractivity contribution in [3.05, 3.63) is 0 Å². The Bertz CT molecular complexity index is 260. The van der Waals surface area contributed by atoms with Gasteiger partial charge in [0.2, 0.25) is 5.91 Å². The lowest BCUT2D eigenvalue weighted by Crippen LogP contribution is -2.43. The zero-order valence-electron chi connectivity index (χ0n) is 9.96. The molecule has 1 atom stereocenters. The van der Waals surface area contributed by atoms with E-state index in [1.54, 1.807) is 0 Å². The maximum atomic E-state index is 12.4. The van der Waals surface area contributed by atoms with E-state index in [9.17, 15) is 18.0 Å². The molecule has 2 N–H and O–H groups in total. The SMILES string of the molecule is CCC(N)CC(=O)N1CCC(C(F)(F)F)CC1. The molecular weight excluding hydrogens is 233 g/mol. The van der Waals surface area contributed by atoms with Crippen molar-refractivity contribution in [1.29, 1.82) is 0 Å². The Morgan fingerprint density at radius 3 is 2.35 bits per heavy atom. The van der Waals surface area contributed by atoms with E-state index in [2.05, 4.69) is 0 Å². The first-order valence-electron chi connectivity index (χ1n) is 5.94. The molecule has 1 fully saturated rings. The van der Waals surface area contributed by atoms with Gasteiger partial charge in [-0.1, -0.05) is 6.92 Å². The van der Waals surface area contributed by atoms with Crippen molar-refractivity contribution in [3.63, 3.8) is 0 Å². The van der Waals surface area contributed by atoms with Crippen molar-refractivity contribution in [1.82, 2.24) is 4.90 Å².